The maximum Gasteiger partial charge on any atom is 0.276 e. The summed E-state index contributed by atoms with van der Waals surface area (Å²) in [5.41, 5.74) is 2.24. The van der Waals surface area contributed by atoms with Gasteiger partial charge in [0.05, 0.1) is 31.1 Å². The van der Waals surface area contributed by atoms with Crippen molar-refractivity contribution in [1.82, 2.24) is 20.3 Å². The van der Waals surface area contributed by atoms with E-state index in [0.717, 1.165) is 11.3 Å². The van der Waals surface area contributed by atoms with Gasteiger partial charge in [-0.25, -0.2) is 0 Å². The van der Waals surface area contributed by atoms with Crippen LogP contribution in [0.3, 0.4) is 0 Å². The van der Waals surface area contributed by atoms with Gasteiger partial charge in [0.25, 0.3) is 5.91 Å². The summed E-state index contributed by atoms with van der Waals surface area (Å²) in [6, 6.07) is 1.48. The van der Waals surface area contributed by atoms with Crippen LogP contribution in [-0.4, -0.2) is 45.9 Å². The number of ether oxygens (including phenoxy) is 1. The van der Waals surface area contributed by atoms with E-state index in [9.17, 15) is 4.79 Å². The van der Waals surface area contributed by atoms with Crippen molar-refractivity contribution in [3.05, 3.63) is 35.0 Å². The number of carbonyl (C=O) groups is 1. The van der Waals surface area contributed by atoms with Gasteiger partial charge in [0, 0.05) is 12.6 Å². The molecule has 0 saturated carbocycles. The highest BCUT2D eigenvalue weighted by Crippen LogP contribution is 2.26. The Labute approximate surface area is 115 Å². The lowest BCUT2D eigenvalue weighted by molar-refractivity contribution is -0.00457. The SMILES string of the molecule is Cc1cc(C(=O)N2CCOC[C@@H]2c2[nH]ncc2C)no1. The van der Waals surface area contributed by atoms with E-state index < -0.39 is 0 Å². The number of carbonyl (C=O) groups excluding carboxylic acids is 1. The fourth-order valence-electron chi connectivity index (χ4n) is 2.39. The summed E-state index contributed by atoms with van der Waals surface area (Å²) in [4.78, 5) is 14.3. The van der Waals surface area contributed by atoms with Crippen LogP contribution in [0.4, 0.5) is 0 Å². The average molecular weight is 276 g/mol. The van der Waals surface area contributed by atoms with Crippen LogP contribution in [-0.2, 0) is 4.74 Å². The molecule has 1 N–H and O–H groups in total. The second-order valence-corrected chi connectivity index (χ2v) is 4.88. The van der Waals surface area contributed by atoms with Crippen molar-refractivity contribution < 1.29 is 14.1 Å². The molecule has 0 unspecified atom stereocenters. The zero-order valence-corrected chi connectivity index (χ0v) is 11.4. The van der Waals surface area contributed by atoms with Crippen molar-refractivity contribution in [2.75, 3.05) is 19.8 Å². The standard InChI is InChI=1S/C13H16N4O3/c1-8-6-14-15-12(8)11-7-19-4-3-17(11)13(18)10-5-9(2)20-16-10/h5-6,11H,3-4,7H2,1-2H3,(H,14,15)/t11-/m1/s1. The quantitative estimate of drug-likeness (QED) is 0.891. The Morgan fingerprint density at radius 3 is 3.00 bits per heavy atom. The van der Waals surface area contributed by atoms with Crippen molar-refractivity contribution in [1.29, 1.82) is 0 Å². The van der Waals surface area contributed by atoms with E-state index in [0.29, 0.717) is 31.2 Å². The molecule has 1 atom stereocenters. The van der Waals surface area contributed by atoms with Gasteiger partial charge in [-0.3, -0.25) is 9.89 Å². The second kappa shape index (κ2) is 5.09. The third-order valence-corrected chi connectivity index (χ3v) is 3.44. The Morgan fingerprint density at radius 1 is 1.50 bits per heavy atom. The number of aromatic amines is 1. The Morgan fingerprint density at radius 2 is 2.35 bits per heavy atom. The first-order valence-electron chi connectivity index (χ1n) is 6.48. The minimum absolute atomic E-state index is 0.149. The molecule has 0 spiro atoms. The number of hydrogen-bond donors (Lipinski definition) is 1. The van der Waals surface area contributed by atoms with Gasteiger partial charge in [0.2, 0.25) is 0 Å². The van der Waals surface area contributed by atoms with Gasteiger partial charge < -0.3 is 14.2 Å². The maximum absolute atomic E-state index is 12.5. The fraction of sp³-hybridized carbons (Fsp3) is 0.462. The number of amides is 1. The minimum atomic E-state index is -0.171. The molecule has 106 valence electrons. The molecule has 2 aromatic heterocycles. The van der Waals surface area contributed by atoms with Crippen LogP contribution in [0.1, 0.15) is 33.5 Å². The Kier molecular flexibility index (Phi) is 3.27. The van der Waals surface area contributed by atoms with Crippen LogP contribution in [0.2, 0.25) is 0 Å². The first-order valence-corrected chi connectivity index (χ1v) is 6.48. The molecule has 2 aromatic rings. The monoisotopic (exact) mass is 276 g/mol. The summed E-state index contributed by atoms with van der Waals surface area (Å²) < 4.78 is 10.5. The van der Waals surface area contributed by atoms with Crippen molar-refractivity contribution in [2.24, 2.45) is 0 Å². The Bertz CT molecular complexity index is 619. The predicted molar refractivity (Wildman–Crippen MR) is 69.2 cm³/mol. The van der Waals surface area contributed by atoms with Gasteiger partial charge in [0.15, 0.2) is 5.69 Å². The van der Waals surface area contributed by atoms with E-state index in [1.165, 1.54) is 0 Å². The molecule has 1 fully saturated rings. The Balaban J connectivity index is 1.89. The lowest BCUT2D eigenvalue weighted by Gasteiger charge is -2.34. The largest absolute Gasteiger partial charge is 0.377 e. The van der Waals surface area contributed by atoms with Crippen LogP contribution in [0.15, 0.2) is 16.8 Å². The predicted octanol–water partition coefficient (Wildman–Crippen LogP) is 1.23. The zero-order chi connectivity index (χ0) is 14.1. The van der Waals surface area contributed by atoms with E-state index in [-0.39, 0.29) is 11.9 Å². The molecule has 20 heavy (non-hydrogen) atoms. The van der Waals surface area contributed by atoms with E-state index in [2.05, 4.69) is 15.4 Å². The number of nitrogens with zero attached hydrogens (tertiary/aromatic N) is 3. The van der Waals surface area contributed by atoms with Crippen molar-refractivity contribution in [3.8, 4) is 0 Å². The average Bonchev–Trinajstić information content (AvgIpc) is 3.07. The van der Waals surface area contributed by atoms with Crippen LogP contribution >= 0.6 is 0 Å². The summed E-state index contributed by atoms with van der Waals surface area (Å²) in [5, 5.41) is 10.8. The third kappa shape index (κ3) is 2.20. The summed E-state index contributed by atoms with van der Waals surface area (Å²) in [6.45, 7) is 5.21. The van der Waals surface area contributed by atoms with Gasteiger partial charge in [-0.15, -0.1) is 0 Å². The molecule has 3 heterocycles. The molecule has 7 heteroatoms. The molecular formula is C13H16N4O3. The molecule has 1 saturated heterocycles. The summed E-state index contributed by atoms with van der Waals surface area (Å²) in [7, 11) is 0. The molecule has 0 bridgehead atoms. The van der Waals surface area contributed by atoms with Crippen LogP contribution in [0.5, 0.6) is 0 Å². The van der Waals surface area contributed by atoms with Crippen molar-refractivity contribution in [2.45, 2.75) is 19.9 Å². The van der Waals surface area contributed by atoms with Gasteiger partial charge in [-0.2, -0.15) is 5.10 Å². The lowest BCUT2D eigenvalue weighted by Crippen LogP contribution is -2.44. The third-order valence-electron chi connectivity index (χ3n) is 3.44. The molecule has 3 rings (SSSR count). The van der Waals surface area contributed by atoms with E-state index >= 15 is 0 Å². The Hall–Kier alpha value is -2.15. The summed E-state index contributed by atoms with van der Waals surface area (Å²) >= 11 is 0. The maximum atomic E-state index is 12.5. The number of hydrogen-bond acceptors (Lipinski definition) is 5. The van der Waals surface area contributed by atoms with Crippen molar-refractivity contribution >= 4 is 5.91 Å². The normalized spacial score (nSPS) is 19.3. The number of H-pyrrole nitrogens is 1. The fourth-order valence-corrected chi connectivity index (χ4v) is 2.39. The first-order chi connectivity index (χ1) is 9.66. The molecule has 1 amide bonds. The number of rotatable bonds is 2. The summed E-state index contributed by atoms with van der Waals surface area (Å²) in [5.74, 6) is 0.472. The second-order valence-electron chi connectivity index (χ2n) is 4.88. The number of nitrogens with one attached hydrogen (secondary N) is 1. The summed E-state index contributed by atoms with van der Waals surface area (Å²) in [6.07, 6.45) is 1.74. The van der Waals surface area contributed by atoms with Crippen molar-refractivity contribution in [3.63, 3.8) is 0 Å². The molecule has 0 aromatic carbocycles. The van der Waals surface area contributed by atoms with Gasteiger partial charge in [-0.05, 0) is 19.4 Å². The van der Waals surface area contributed by atoms with E-state index in [1.807, 2.05) is 6.92 Å². The van der Waals surface area contributed by atoms with E-state index in [4.69, 9.17) is 9.26 Å². The molecule has 1 aliphatic rings. The molecule has 0 radical (unpaired) electrons. The highest BCUT2D eigenvalue weighted by Gasteiger charge is 2.32. The smallest absolute Gasteiger partial charge is 0.276 e. The molecule has 1 aliphatic heterocycles. The molecular weight excluding hydrogens is 260 g/mol. The van der Waals surface area contributed by atoms with Gasteiger partial charge in [-0.1, -0.05) is 5.16 Å². The van der Waals surface area contributed by atoms with Gasteiger partial charge in [0.1, 0.15) is 5.76 Å². The molecule has 7 nitrogen and oxygen atoms in total. The number of aryl methyl sites for hydroxylation is 2. The van der Waals surface area contributed by atoms with Crippen LogP contribution in [0, 0.1) is 13.8 Å². The topological polar surface area (TPSA) is 84.2 Å². The molecule has 0 aliphatic carbocycles. The zero-order valence-electron chi connectivity index (χ0n) is 11.4. The van der Waals surface area contributed by atoms with Gasteiger partial charge >= 0.3 is 0 Å². The van der Waals surface area contributed by atoms with E-state index in [1.54, 1.807) is 24.1 Å². The highest BCUT2D eigenvalue weighted by molar-refractivity contribution is 5.92. The van der Waals surface area contributed by atoms with Crippen LogP contribution in [0.25, 0.3) is 0 Å². The minimum Gasteiger partial charge on any atom is -0.377 e. The van der Waals surface area contributed by atoms with Crippen LogP contribution < -0.4 is 0 Å². The lowest BCUT2D eigenvalue weighted by atomic mass is 10.1. The highest BCUT2D eigenvalue weighted by atomic mass is 16.5. The number of aromatic nitrogens is 3. The first kappa shape index (κ1) is 12.9. The number of morpholine rings is 1.